The molecule has 0 spiro atoms. The molecule has 0 radical (unpaired) electrons. The SMILES string of the molecule is COc1ccc([C@@H]2CCCN2CC(=O)Nc2ccc(C)cc2)cc1. The highest BCUT2D eigenvalue weighted by Gasteiger charge is 2.27. The maximum Gasteiger partial charge on any atom is 0.238 e. The Labute approximate surface area is 143 Å². The quantitative estimate of drug-likeness (QED) is 0.910. The van der Waals surface area contributed by atoms with Crippen molar-refractivity contribution >= 4 is 11.6 Å². The molecule has 1 atom stereocenters. The second kappa shape index (κ2) is 7.49. The minimum absolute atomic E-state index is 0.0410. The minimum Gasteiger partial charge on any atom is -0.497 e. The fourth-order valence-electron chi connectivity index (χ4n) is 3.24. The largest absolute Gasteiger partial charge is 0.497 e. The Morgan fingerprint density at radius 3 is 2.54 bits per heavy atom. The molecule has 0 saturated carbocycles. The molecule has 2 aromatic carbocycles. The fraction of sp³-hybridized carbons (Fsp3) is 0.350. The topological polar surface area (TPSA) is 41.6 Å². The number of ether oxygens (including phenoxy) is 1. The zero-order chi connectivity index (χ0) is 16.9. The Bertz CT molecular complexity index is 680. The van der Waals surface area contributed by atoms with E-state index in [1.807, 2.05) is 43.3 Å². The molecule has 126 valence electrons. The van der Waals surface area contributed by atoms with Crippen LogP contribution in [0.2, 0.25) is 0 Å². The maximum absolute atomic E-state index is 12.4. The van der Waals surface area contributed by atoms with Crippen LogP contribution in [0.25, 0.3) is 0 Å². The number of carbonyl (C=O) groups is 1. The van der Waals surface area contributed by atoms with E-state index in [1.54, 1.807) is 7.11 Å². The molecule has 2 aromatic rings. The summed E-state index contributed by atoms with van der Waals surface area (Å²) >= 11 is 0. The third-order valence-electron chi connectivity index (χ3n) is 4.55. The van der Waals surface area contributed by atoms with Crippen molar-refractivity contribution in [3.05, 3.63) is 59.7 Å². The van der Waals surface area contributed by atoms with Crippen molar-refractivity contribution in [3.8, 4) is 5.75 Å². The number of amides is 1. The van der Waals surface area contributed by atoms with E-state index in [4.69, 9.17) is 4.74 Å². The molecule has 1 amide bonds. The lowest BCUT2D eigenvalue weighted by Gasteiger charge is -2.24. The van der Waals surface area contributed by atoms with Crippen molar-refractivity contribution < 1.29 is 9.53 Å². The molecular formula is C20H24N2O2. The van der Waals surface area contributed by atoms with Crippen LogP contribution in [0.5, 0.6) is 5.75 Å². The molecule has 4 nitrogen and oxygen atoms in total. The lowest BCUT2D eigenvalue weighted by Crippen LogP contribution is -2.32. The number of anilines is 1. The monoisotopic (exact) mass is 324 g/mol. The number of hydrogen-bond acceptors (Lipinski definition) is 3. The van der Waals surface area contributed by atoms with Gasteiger partial charge in [0.1, 0.15) is 5.75 Å². The van der Waals surface area contributed by atoms with Crippen molar-refractivity contribution in [2.75, 3.05) is 25.5 Å². The van der Waals surface area contributed by atoms with Crippen LogP contribution in [0, 0.1) is 6.92 Å². The zero-order valence-corrected chi connectivity index (χ0v) is 14.3. The van der Waals surface area contributed by atoms with E-state index in [-0.39, 0.29) is 5.91 Å². The summed E-state index contributed by atoms with van der Waals surface area (Å²) < 4.78 is 5.22. The van der Waals surface area contributed by atoms with Gasteiger partial charge in [0.15, 0.2) is 0 Å². The third kappa shape index (κ3) is 3.95. The average molecular weight is 324 g/mol. The van der Waals surface area contributed by atoms with Gasteiger partial charge in [-0.25, -0.2) is 0 Å². The van der Waals surface area contributed by atoms with Crippen LogP contribution in [-0.2, 0) is 4.79 Å². The van der Waals surface area contributed by atoms with Gasteiger partial charge in [0, 0.05) is 11.7 Å². The summed E-state index contributed by atoms with van der Waals surface area (Å²) in [5, 5.41) is 2.99. The predicted molar refractivity (Wildman–Crippen MR) is 96.4 cm³/mol. The van der Waals surface area contributed by atoms with Gasteiger partial charge in [0.2, 0.25) is 5.91 Å². The molecule has 0 bridgehead atoms. The highest BCUT2D eigenvalue weighted by molar-refractivity contribution is 5.92. The van der Waals surface area contributed by atoms with Gasteiger partial charge in [-0.3, -0.25) is 9.69 Å². The lowest BCUT2D eigenvalue weighted by molar-refractivity contribution is -0.117. The summed E-state index contributed by atoms with van der Waals surface area (Å²) in [7, 11) is 1.67. The van der Waals surface area contributed by atoms with Crippen molar-refractivity contribution in [1.82, 2.24) is 4.90 Å². The van der Waals surface area contributed by atoms with Crippen molar-refractivity contribution in [1.29, 1.82) is 0 Å². The minimum atomic E-state index is 0.0410. The third-order valence-corrected chi connectivity index (χ3v) is 4.55. The van der Waals surface area contributed by atoms with Gasteiger partial charge in [-0.15, -0.1) is 0 Å². The standard InChI is InChI=1S/C20H24N2O2/c1-15-5-9-17(10-6-15)21-20(23)14-22-13-3-4-19(22)16-7-11-18(24-2)12-8-16/h5-12,19H,3-4,13-14H2,1-2H3,(H,21,23)/t19-/m0/s1. The van der Waals surface area contributed by atoms with Crippen LogP contribution >= 0.6 is 0 Å². The molecule has 0 aromatic heterocycles. The van der Waals surface area contributed by atoms with E-state index in [0.717, 1.165) is 30.8 Å². The molecular weight excluding hydrogens is 300 g/mol. The molecule has 4 heteroatoms. The second-order valence-corrected chi connectivity index (χ2v) is 6.32. The van der Waals surface area contributed by atoms with Crippen molar-refractivity contribution in [2.24, 2.45) is 0 Å². The summed E-state index contributed by atoms with van der Waals surface area (Å²) in [6, 6.07) is 16.4. The molecule has 1 heterocycles. The normalized spacial score (nSPS) is 17.7. The first-order valence-corrected chi connectivity index (χ1v) is 8.40. The molecule has 1 aliphatic rings. The Hall–Kier alpha value is -2.33. The molecule has 1 saturated heterocycles. The van der Waals surface area contributed by atoms with Gasteiger partial charge >= 0.3 is 0 Å². The molecule has 1 fully saturated rings. The molecule has 1 N–H and O–H groups in total. The van der Waals surface area contributed by atoms with Gasteiger partial charge in [0.25, 0.3) is 0 Å². The number of nitrogens with zero attached hydrogens (tertiary/aromatic N) is 1. The fourth-order valence-corrected chi connectivity index (χ4v) is 3.24. The first kappa shape index (κ1) is 16.5. The van der Waals surface area contributed by atoms with E-state index in [9.17, 15) is 4.79 Å². The highest BCUT2D eigenvalue weighted by atomic mass is 16.5. The smallest absolute Gasteiger partial charge is 0.238 e. The number of methoxy groups -OCH3 is 1. The predicted octanol–water partition coefficient (Wildman–Crippen LogP) is 3.78. The van der Waals surface area contributed by atoms with Crippen LogP contribution in [0.3, 0.4) is 0 Å². The Balaban J connectivity index is 1.62. The first-order chi connectivity index (χ1) is 11.7. The van der Waals surface area contributed by atoms with Gasteiger partial charge in [-0.1, -0.05) is 29.8 Å². The Kier molecular flexibility index (Phi) is 5.16. The number of carbonyl (C=O) groups excluding carboxylic acids is 1. The molecule has 1 aliphatic heterocycles. The summed E-state index contributed by atoms with van der Waals surface area (Å²) in [6.07, 6.45) is 2.21. The number of rotatable bonds is 5. The highest BCUT2D eigenvalue weighted by Crippen LogP contribution is 2.32. The van der Waals surface area contributed by atoms with Crippen LogP contribution in [-0.4, -0.2) is 31.0 Å². The zero-order valence-electron chi connectivity index (χ0n) is 14.3. The van der Waals surface area contributed by atoms with Crippen molar-refractivity contribution in [3.63, 3.8) is 0 Å². The molecule has 3 rings (SSSR count). The van der Waals surface area contributed by atoms with Crippen molar-refractivity contribution in [2.45, 2.75) is 25.8 Å². The Morgan fingerprint density at radius 1 is 1.17 bits per heavy atom. The maximum atomic E-state index is 12.4. The molecule has 24 heavy (non-hydrogen) atoms. The number of nitrogens with one attached hydrogen (secondary N) is 1. The van der Waals surface area contributed by atoms with Crippen LogP contribution in [0.4, 0.5) is 5.69 Å². The van der Waals surface area contributed by atoms with Crippen LogP contribution in [0.15, 0.2) is 48.5 Å². The number of benzene rings is 2. The molecule has 0 unspecified atom stereocenters. The summed E-state index contributed by atoms with van der Waals surface area (Å²) in [6.45, 7) is 3.41. The summed E-state index contributed by atoms with van der Waals surface area (Å²) in [5.74, 6) is 0.902. The van der Waals surface area contributed by atoms with E-state index >= 15 is 0 Å². The average Bonchev–Trinajstić information content (AvgIpc) is 3.05. The van der Waals surface area contributed by atoms with E-state index in [0.29, 0.717) is 12.6 Å². The van der Waals surface area contributed by atoms with Gasteiger partial charge in [-0.2, -0.15) is 0 Å². The number of likely N-dealkylation sites (tertiary alicyclic amines) is 1. The lowest BCUT2D eigenvalue weighted by atomic mass is 10.0. The molecule has 0 aliphatic carbocycles. The first-order valence-electron chi connectivity index (χ1n) is 8.40. The second-order valence-electron chi connectivity index (χ2n) is 6.32. The number of aryl methyl sites for hydroxylation is 1. The van der Waals surface area contributed by atoms with Gasteiger partial charge < -0.3 is 10.1 Å². The number of hydrogen-bond donors (Lipinski definition) is 1. The van der Waals surface area contributed by atoms with E-state index in [1.165, 1.54) is 11.1 Å². The van der Waals surface area contributed by atoms with E-state index in [2.05, 4.69) is 22.3 Å². The van der Waals surface area contributed by atoms with Crippen LogP contribution in [0.1, 0.15) is 30.0 Å². The van der Waals surface area contributed by atoms with Gasteiger partial charge in [-0.05, 0) is 56.1 Å². The van der Waals surface area contributed by atoms with Crippen LogP contribution < -0.4 is 10.1 Å². The summed E-state index contributed by atoms with van der Waals surface area (Å²) in [5.41, 5.74) is 3.29. The summed E-state index contributed by atoms with van der Waals surface area (Å²) in [4.78, 5) is 14.6. The van der Waals surface area contributed by atoms with Gasteiger partial charge in [0.05, 0.1) is 13.7 Å². The Morgan fingerprint density at radius 2 is 1.88 bits per heavy atom. The van der Waals surface area contributed by atoms with E-state index < -0.39 is 0 Å².